The van der Waals surface area contributed by atoms with E-state index in [-0.39, 0.29) is 12.1 Å². The molecule has 2 N–H and O–H groups in total. The van der Waals surface area contributed by atoms with Gasteiger partial charge in [0, 0.05) is 18.8 Å². The number of carboxylic acid groups (broad SMARTS) is 1. The second-order valence-electron chi connectivity index (χ2n) is 5.72. The summed E-state index contributed by atoms with van der Waals surface area (Å²) < 4.78 is 13.4. The number of likely N-dealkylation sites (tertiary alicyclic amines) is 1. The Morgan fingerprint density at radius 1 is 1.36 bits per heavy atom. The number of carbonyl (C=O) groups excluding carboxylic acids is 2. The Labute approximate surface area is 126 Å². The zero-order valence-corrected chi connectivity index (χ0v) is 12.4. The van der Waals surface area contributed by atoms with Gasteiger partial charge < -0.3 is 15.3 Å². The van der Waals surface area contributed by atoms with Crippen LogP contribution in [-0.2, 0) is 4.79 Å². The minimum absolute atomic E-state index is 0.102. The van der Waals surface area contributed by atoms with E-state index in [1.807, 2.05) is 0 Å². The van der Waals surface area contributed by atoms with E-state index in [9.17, 15) is 18.8 Å². The van der Waals surface area contributed by atoms with Crippen molar-refractivity contribution in [1.29, 1.82) is 0 Å². The molecule has 1 atom stereocenters. The molecule has 0 spiro atoms. The number of carboxylic acids is 1. The van der Waals surface area contributed by atoms with Crippen LogP contribution >= 0.6 is 0 Å². The summed E-state index contributed by atoms with van der Waals surface area (Å²) in [5.74, 6) is -2.03. The Bertz CT molecular complexity index is 646. The first-order chi connectivity index (χ1) is 10.2. The zero-order valence-electron chi connectivity index (χ0n) is 12.4. The Hall–Kier alpha value is -2.44. The third-order valence-electron chi connectivity index (χ3n) is 3.87. The number of amides is 2. The maximum absolute atomic E-state index is 13.4. The molecule has 22 heavy (non-hydrogen) atoms. The van der Waals surface area contributed by atoms with Crippen molar-refractivity contribution in [2.45, 2.75) is 20.3 Å². The maximum Gasteiger partial charge on any atom is 0.321 e. The van der Waals surface area contributed by atoms with E-state index in [4.69, 9.17) is 5.11 Å². The molecule has 7 heteroatoms. The van der Waals surface area contributed by atoms with Crippen LogP contribution in [0, 0.1) is 11.2 Å². The molecular formula is C15H17FN2O4. The fourth-order valence-corrected chi connectivity index (χ4v) is 2.38. The third-order valence-corrected chi connectivity index (χ3v) is 3.87. The van der Waals surface area contributed by atoms with Crippen molar-refractivity contribution in [2.24, 2.45) is 5.41 Å². The van der Waals surface area contributed by atoms with Crippen LogP contribution in [0.5, 0.6) is 0 Å². The molecule has 1 aliphatic rings. The van der Waals surface area contributed by atoms with E-state index in [2.05, 4.69) is 5.32 Å². The number of rotatable bonds is 3. The lowest BCUT2D eigenvalue weighted by Gasteiger charge is -2.20. The summed E-state index contributed by atoms with van der Waals surface area (Å²) in [4.78, 5) is 36.0. The first-order valence-electron chi connectivity index (χ1n) is 6.83. The fraction of sp³-hybridized carbons (Fsp3) is 0.400. The van der Waals surface area contributed by atoms with Gasteiger partial charge in [-0.15, -0.1) is 0 Å². The van der Waals surface area contributed by atoms with Gasteiger partial charge in [0.1, 0.15) is 5.82 Å². The van der Waals surface area contributed by atoms with Gasteiger partial charge in [0.2, 0.25) is 0 Å². The van der Waals surface area contributed by atoms with Gasteiger partial charge in [0.25, 0.3) is 0 Å². The molecule has 0 bridgehead atoms. The number of nitrogens with one attached hydrogen (secondary N) is 1. The largest absolute Gasteiger partial charge is 0.481 e. The lowest BCUT2D eigenvalue weighted by Crippen LogP contribution is -2.37. The van der Waals surface area contributed by atoms with Crippen LogP contribution < -0.4 is 5.32 Å². The van der Waals surface area contributed by atoms with Crippen LogP contribution in [0.3, 0.4) is 0 Å². The van der Waals surface area contributed by atoms with Gasteiger partial charge in [-0.1, -0.05) is 0 Å². The van der Waals surface area contributed by atoms with Gasteiger partial charge >= 0.3 is 12.0 Å². The van der Waals surface area contributed by atoms with Crippen molar-refractivity contribution in [3.05, 3.63) is 29.6 Å². The molecule has 1 unspecified atom stereocenters. The van der Waals surface area contributed by atoms with E-state index in [0.717, 1.165) is 6.07 Å². The van der Waals surface area contributed by atoms with Crippen molar-refractivity contribution in [2.75, 3.05) is 18.4 Å². The quantitative estimate of drug-likeness (QED) is 0.839. The molecule has 2 rings (SSSR count). The van der Waals surface area contributed by atoms with Crippen LogP contribution in [0.2, 0.25) is 0 Å². The highest BCUT2D eigenvalue weighted by molar-refractivity contribution is 5.97. The third kappa shape index (κ3) is 3.08. The molecule has 2 amide bonds. The molecule has 0 radical (unpaired) electrons. The highest BCUT2D eigenvalue weighted by Crippen LogP contribution is 2.30. The van der Waals surface area contributed by atoms with Crippen molar-refractivity contribution in [3.63, 3.8) is 0 Å². The molecule has 0 aromatic heterocycles. The van der Waals surface area contributed by atoms with Gasteiger partial charge in [-0.3, -0.25) is 9.59 Å². The molecular weight excluding hydrogens is 291 g/mol. The molecule has 1 heterocycles. The van der Waals surface area contributed by atoms with Crippen molar-refractivity contribution < 1.29 is 23.9 Å². The summed E-state index contributed by atoms with van der Waals surface area (Å²) >= 11 is 0. The number of ketones is 1. The summed E-state index contributed by atoms with van der Waals surface area (Å²) in [7, 11) is 0. The summed E-state index contributed by atoms with van der Waals surface area (Å²) in [5, 5.41) is 11.7. The summed E-state index contributed by atoms with van der Waals surface area (Å²) in [6.07, 6.45) is 0.373. The number of hydrogen-bond donors (Lipinski definition) is 2. The lowest BCUT2D eigenvalue weighted by molar-refractivity contribution is -0.146. The Kier molecular flexibility index (Phi) is 4.16. The second-order valence-corrected chi connectivity index (χ2v) is 5.72. The minimum Gasteiger partial charge on any atom is -0.481 e. The molecule has 1 saturated heterocycles. The number of halogens is 1. The van der Waals surface area contributed by atoms with E-state index >= 15 is 0 Å². The Morgan fingerprint density at radius 3 is 2.59 bits per heavy atom. The smallest absolute Gasteiger partial charge is 0.321 e. The van der Waals surface area contributed by atoms with Gasteiger partial charge in [0.15, 0.2) is 5.78 Å². The van der Waals surface area contributed by atoms with Gasteiger partial charge in [-0.25, -0.2) is 9.18 Å². The molecule has 1 aliphatic heterocycles. The van der Waals surface area contributed by atoms with Crippen LogP contribution in [0.4, 0.5) is 14.9 Å². The number of benzene rings is 1. The molecule has 118 valence electrons. The normalized spacial score (nSPS) is 20.8. The number of hydrogen-bond acceptors (Lipinski definition) is 3. The standard InChI is InChI=1S/C15H17FN2O4/c1-9(19)11-7-10(3-4-12(11)16)17-14(22)18-6-5-15(2,8-18)13(20)21/h3-4,7H,5-6,8H2,1-2H3,(H,17,22)(H,20,21). The first kappa shape index (κ1) is 15.9. The Morgan fingerprint density at radius 2 is 2.05 bits per heavy atom. The van der Waals surface area contributed by atoms with E-state index in [0.29, 0.717) is 18.7 Å². The number of anilines is 1. The average molecular weight is 308 g/mol. The minimum atomic E-state index is -0.954. The van der Waals surface area contributed by atoms with E-state index in [1.54, 1.807) is 6.92 Å². The van der Waals surface area contributed by atoms with Crippen LogP contribution in [0.15, 0.2) is 18.2 Å². The van der Waals surface area contributed by atoms with Gasteiger partial charge in [-0.2, -0.15) is 0 Å². The number of urea groups is 1. The maximum atomic E-state index is 13.4. The van der Waals surface area contributed by atoms with Crippen molar-refractivity contribution >= 4 is 23.5 Å². The monoisotopic (exact) mass is 308 g/mol. The van der Waals surface area contributed by atoms with Gasteiger partial charge in [0.05, 0.1) is 11.0 Å². The molecule has 0 aliphatic carbocycles. The molecule has 1 aromatic carbocycles. The molecule has 1 fully saturated rings. The molecule has 0 saturated carbocycles. The topological polar surface area (TPSA) is 86.7 Å². The van der Waals surface area contributed by atoms with E-state index < -0.39 is 29.0 Å². The lowest BCUT2D eigenvalue weighted by atomic mass is 9.90. The van der Waals surface area contributed by atoms with Crippen LogP contribution in [0.1, 0.15) is 30.6 Å². The average Bonchev–Trinajstić information content (AvgIpc) is 2.85. The summed E-state index contributed by atoms with van der Waals surface area (Å²) in [5.41, 5.74) is -0.764. The molecule has 1 aromatic rings. The number of aliphatic carboxylic acids is 1. The second kappa shape index (κ2) is 5.75. The van der Waals surface area contributed by atoms with Crippen LogP contribution in [-0.4, -0.2) is 40.9 Å². The number of carbonyl (C=O) groups is 3. The van der Waals surface area contributed by atoms with Crippen molar-refractivity contribution in [3.8, 4) is 0 Å². The SMILES string of the molecule is CC(=O)c1cc(NC(=O)N2CCC(C)(C(=O)O)C2)ccc1F. The first-order valence-corrected chi connectivity index (χ1v) is 6.83. The highest BCUT2D eigenvalue weighted by Gasteiger charge is 2.42. The van der Waals surface area contributed by atoms with Crippen LogP contribution in [0.25, 0.3) is 0 Å². The zero-order chi connectivity index (χ0) is 16.5. The van der Waals surface area contributed by atoms with Crippen molar-refractivity contribution in [1.82, 2.24) is 4.90 Å². The van der Waals surface area contributed by atoms with E-state index in [1.165, 1.54) is 24.0 Å². The highest BCUT2D eigenvalue weighted by atomic mass is 19.1. The number of nitrogens with zero attached hydrogens (tertiary/aromatic N) is 1. The fourth-order valence-electron chi connectivity index (χ4n) is 2.38. The molecule has 6 nitrogen and oxygen atoms in total. The summed E-state index contributed by atoms with van der Waals surface area (Å²) in [6.45, 7) is 3.27. The summed E-state index contributed by atoms with van der Waals surface area (Å²) in [6, 6.07) is 3.26. The predicted octanol–water partition coefficient (Wildman–Crippen LogP) is 2.36. The van der Waals surface area contributed by atoms with Gasteiger partial charge in [-0.05, 0) is 38.5 Å². The predicted molar refractivity (Wildman–Crippen MR) is 77.4 cm³/mol. The number of Topliss-reactive ketones (excluding diaryl/α,β-unsaturated/α-hetero) is 1. The Balaban J connectivity index is 2.09.